The van der Waals surface area contributed by atoms with Crippen molar-refractivity contribution in [2.45, 2.75) is 52.7 Å². The topological polar surface area (TPSA) is 67.5 Å². The molecule has 1 aromatic carbocycles. The summed E-state index contributed by atoms with van der Waals surface area (Å²) in [6.45, 7) is 8.69. The average molecular weight is 280 g/mol. The van der Waals surface area contributed by atoms with Gasteiger partial charge < -0.3 is 20.9 Å². The molecule has 0 aliphatic carbocycles. The number of hydrogen-bond donors (Lipinski definition) is 3. The van der Waals surface area contributed by atoms with Gasteiger partial charge in [-0.25, -0.2) is 0 Å². The number of benzene rings is 1. The van der Waals surface area contributed by atoms with E-state index in [2.05, 4.69) is 19.2 Å². The van der Waals surface area contributed by atoms with Gasteiger partial charge in [0.25, 0.3) is 0 Å². The Balaban J connectivity index is 2.65. The molecule has 1 rings (SSSR count). The highest BCUT2D eigenvalue weighted by Gasteiger charge is 2.15. The summed E-state index contributed by atoms with van der Waals surface area (Å²) in [6.07, 6.45) is 1.73. The molecule has 4 nitrogen and oxygen atoms in total. The summed E-state index contributed by atoms with van der Waals surface area (Å²) < 4.78 is 5.65. The number of hydrogen-bond acceptors (Lipinski definition) is 4. The molecule has 1 atom stereocenters. The monoisotopic (exact) mass is 280 g/mol. The van der Waals surface area contributed by atoms with E-state index in [0.29, 0.717) is 18.2 Å². The summed E-state index contributed by atoms with van der Waals surface area (Å²) in [7, 11) is 0. The van der Waals surface area contributed by atoms with E-state index in [1.165, 1.54) is 0 Å². The molecule has 1 aromatic rings. The van der Waals surface area contributed by atoms with Gasteiger partial charge in [0.05, 0.1) is 12.2 Å². The van der Waals surface area contributed by atoms with Crippen LogP contribution in [0, 0.1) is 5.92 Å². The number of anilines is 2. The Kier molecular flexibility index (Phi) is 6.65. The Morgan fingerprint density at radius 2 is 1.85 bits per heavy atom. The van der Waals surface area contributed by atoms with Crippen LogP contribution >= 0.6 is 0 Å². The zero-order chi connectivity index (χ0) is 15.1. The smallest absolute Gasteiger partial charge is 0.123 e. The van der Waals surface area contributed by atoms with Gasteiger partial charge >= 0.3 is 0 Å². The van der Waals surface area contributed by atoms with Crippen molar-refractivity contribution >= 4 is 11.4 Å². The second-order valence-electron chi connectivity index (χ2n) is 5.48. The minimum absolute atomic E-state index is 0.111. The molecule has 20 heavy (non-hydrogen) atoms. The van der Waals surface area contributed by atoms with E-state index in [0.717, 1.165) is 24.3 Å². The van der Waals surface area contributed by atoms with Crippen molar-refractivity contribution in [3.63, 3.8) is 0 Å². The van der Waals surface area contributed by atoms with Crippen LogP contribution in [0.25, 0.3) is 0 Å². The van der Waals surface area contributed by atoms with Crippen LogP contribution in [0.15, 0.2) is 18.2 Å². The quantitative estimate of drug-likeness (QED) is 0.639. The average Bonchev–Trinajstić information content (AvgIpc) is 2.36. The molecule has 0 saturated carbocycles. The molecule has 0 amide bonds. The van der Waals surface area contributed by atoms with E-state index in [1.54, 1.807) is 0 Å². The molecule has 0 saturated heterocycles. The number of aliphatic hydroxyl groups excluding tert-OH is 1. The third kappa shape index (κ3) is 5.29. The molecule has 4 N–H and O–H groups in total. The Morgan fingerprint density at radius 1 is 1.20 bits per heavy atom. The first kappa shape index (κ1) is 16.6. The minimum Gasteiger partial charge on any atom is -0.491 e. The van der Waals surface area contributed by atoms with Crippen molar-refractivity contribution in [2.24, 2.45) is 5.92 Å². The van der Waals surface area contributed by atoms with Crippen LogP contribution in [0.5, 0.6) is 5.75 Å². The van der Waals surface area contributed by atoms with Gasteiger partial charge in [0, 0.05) is 30.1 Å². The van der Waals surface area contributed by atoms with E-state index in [1.807, 2.05) is 32.0 Å². The maximum absolute atomic E-state index is 10.1. The third-order valence-corrected chi connectivity index (χ3v) is 3.41. The molecule has 0 spiro atoms. The van der Waals surface area contributed by atoms with Gasteiger partial charge in [-0.15, -0.1) is 0 Å². The lowest BCUT2D eigenvalue weighted by Crippen LogP contribution is -2.27. The van der Waals surface area contributed by atoms with Crippen LogP contribution in [-0.4, -0.2) is 23.9 Å². The summed E-state index contributed by atoms with van der Waals surface area (Å²) in [4.78, 5) is 0. The van der Waals surface area contributed by atoms with Gasteiger partial charge in [0.15, 0.2) is 0 Å². The number of rotatable bonds is 8. The van der Waals surface area contributed by atoms with Crippen molar-refractivity contribution in [1.82, 2.24) is 0 Å². The number of nitrogen functional groups attached to an aromatic ring is 1. The van der Waals surface area contributed by atoms with Gasteiger partial charge in [-0.05, 0) is 25.8 Å². The number of ether oxygens (including phenoxy) is 1. The molecule has 0 aliphatic rings. The fraction of sp³-hybridized carbons (Fsp3) is 0.625. The first-order chi connectivity index (χ1) is 9.46. The van der Waals surface area contributed by atoms with Crippen molar-refractivity contribution in [2.75, 3.05) is 17.6 Å². The zero-order valence-corrected chi connectivity index (χ0v) is 13.0. The van der Waals surface area contributed by atoms with Gasteiger partial charge in [-0.2, -0.15) is 0 Å². The Labute approximate surface area is 122 Å². The summed E-state index contributed by atoms with van der Waals surface area (Å²) in [5, 5.41) is 13.4. The number of nitrogens with two attached hydrogens (primary N) is 1. The molecule has 0 radical (unpaired) electrons. The van der Waals surface area contributed by atoms with Crippen LogP contribution in [0.2, 0.25) is 0 Å². The lowest BCUT2D eigenvalue weighted by Gasteiger charge is -2.21. The predicted molar refractivity (Wildman–Crippen MR) is 85.2 cm³/mol. The van der Waals surface area contributed by atoms with Crippen LogP contribution in [0.1, 0.15) is 40.5 Å². The van der Waals surface area contributed by atoms with Crippen molar-refractivity contribution in [3.8, 4) is 5.75 Å². The number of aliphatic hydroxyl groups is 1. The van der Waals surface area contributed by atoms with Gasteiger partial charge in [-0.3, -0.25) is 0 Å². The van der Waals surface area contributed by atoms with Gasteiger partial charge in [-0.1, -0.05) is 26.7 Å². The van der Waals surface area contributed by atoms with Crippen LogP contribution in [0.3, 0.4) is 0 Å². The molecule has 0 aliphatic heterocycles. The largest absolute Gasteiger partial charge is 0.491 e. The molecular weight excluding hydrogens is 252 g/mol. The van der Waals surface area contributed by atoms with E-state index >= 15 is 0 Å². The van der Waals surface area contributed by atoms with Crippen molar-refractivity contribution < 1.29 is 9.84 Å². The molecule has 0 heterocycles. The highest BCUT2D eigenvalue weighted by molar-refractivity contribution is 5.59. The SMILES string of the molecule is CCC(CC)C(O)CNc1cc(N)cc(OC(C)C)c1. The van der Waals surface area contributed by atoms with Crippen molar-refractivity contribution in [3.05, 3.63) is 18.2 Å². The first-order valence-electron chi connectivity index (χ1n) is 7.45. The fourth-order valence-electron chi connectivity index (χ4n) is 2.29. The second-order valence-corrected chi connectivity index (χ2v) is 5.48. The molecule has 1 unspecified atom stereocenters. The highest BCUT2D eigenvalue weighted by atomic mass is 16.5. The standard InChI is InChI=1S/C16H28N2O2/c1-5-12(6-2)16(19)10-18-14-7-13(17)8-15(9-14)20-11(3)4/h7-9,11-12,16,18-19H,5-6,10,17H2,1-4H3. The molecule has 0 fully saturated rings. The minimum atomic E-state index is -0.346. The van der Waals surface area contributed by atoms with E-state index in [4.69, 9.17) is 10.5 Å². The highest BCUT2D eigenvalue weighted by Crippen LogP contribution is 2.24. The fourth-order valence-corrected chi connectivity index (χ4v) is 2.29. The second kappa shape index (κ2) is 8.00. The van der Waals surface area contributed by atoms with E-state index in [-0.39, 0.29) is 12.2 Å². The van der Waals surface area contributed by atoms with Crippen LogP contribution < -0.4 is 15.8 Å². The van der Waals surface area contributed by atoms with Crippen LogP contribution in [0.4, 0.5) is 11.4 Å². The summed E-state index contributed by atoms with van der Waals surface area (Å²) in [5.74, 6) is 1.08. The summed E-state index contributed by atoms with van der Waals surface area (Å²) in [5.41, 5.74) is 7.41. The first-order valence-corrected chi connectivity index (χ1v) is 7.45. The maximum Gasteiger partial charge on any atom is 0.123 e. The molecular formula is C16H28N2O2. The van der Waals surface area contributed by atoms with E-state index in [9.17, 15) is 5.11 Å². The normalized spacial score (nSPS) is 12.8. The molecule has 0 aromatic heterocycles. The maximum atomic E-state index is 10.1. The van der Waals surface area contributed by atoms with Gasteiger partial charge in [0.1, 0.15) is 5.75 Å². The molecule has 0 bridgehead atoms. The Bertz CT molecular complexity index is 403. The molecule has 4 heteroatoms. The lowest BCUT2D eigenvalue weighted by molar-refractivity contribution is 0.114. The predicted octanol–water partition coefficient (Wildman–Crippen LogP) is 3.27. The van der Waals surface area contributed by atoms with Crippen LogP contribution in [-0.2, 0) is 0 Å². The van der Waals surface area contributed by atoms with Gasteiger partial charge in [0.2, 0.25) is 0 Å². The Morgan fingerprint density at radius 3 is 2.40 bits per heavy atom. The summed E-state index contributed by atoms with van der Waals surface area (Å²) >= 11 is 0. The zero-order valence-electron chi connectivity index (χ0n) is 13.0. The summed E-state index contributed by atoms with van der Waals surface area (Å²) in [6, 6.07) is 5.57. The van der Waals surface area contributed by atoms with E-state index < -0.39 is 0 Å². The van der Waals surface area contributed by atoms with Crippen molar-refractivity contribution in [1.29, 1.82) is 0 Å². The molecule has 114 valence electrons. The third-order valence-electron chi connectivity index (χ3n) is 3.41. The lowest BCUT2D eigenvalue weighted by atomic mass is 9.96. The number of nitrogens with one attached hydrogen (secondary N) is 1. The Hall–Kier alpha value is -1.42.